The van der Waals surface area contributed by atoms with E-state index in [2.05, 4.69) is 10.6 Å². The standard InChI is InChI=1S/C22H23ClN4O5/c23-14-1-3-16(4-2-14)25-22(31)27-12-18(28)11-19(27)21(30)24-15-5-7-17(8-6-15)26-9-10-32-13-20(26)29/h1-8,18-19,28H,9-13H2,(H,24,30)(H,25,31)/t18-,19?/m1/s1. The topological polar surface area (TPSA) is 111 Å². The fourth-order valence-electron chi connectivity index (χ4n) is 3.76. The van der Waals surface area contributed by atoms with Crippen molar-refractivity contribution in [3.8, 4) is 0 Å². The minimum absolute atomic E-state index is 0.0512. The van der Waals surface area contributed by atoms with E-state index in [1.807, 2.05) is 0 Å². The number of benzene rings is 2. The van der Waals surface area contributed by atoms with Crippen LogP contribution >= 0.6 is 11.6 Å². The molecule has 2 atom stereocenters. The Bertz CT molecular complexity index is 998. The van der Waals surface area contributed by atoms with E-state index in [1.165, 1.54) is 4.90 Å². The van der Waals surface area contributed by atoms with Gasteiger partial charge >= 0.3 is 6.03 Å². The normalized spacial score (nSPS) is 20.9. The van der Waals surface area contributed by atoms with Crippen LogP contribution in [0.15, 0.2) is 48.5 Å². The number of aliphatic hydroxyl groups excluding tert-OH is 1. The van der Waals surface area contributed by atoms with E-state index in [0.717, 1.165) is 5.69 Å². The zero-order valence-electron chi connectivity index (χ0n) is 17.2. The van der Waals surface area contributed by atoms with E-state index >= 15 is 0 Å². The number of hydrogen-bond acceptors (Lipinski definition) is 5. The van der Waals surface area contributed by atoms with Gasteiger partial charge in [-0.3, -0.25) is 9.59 Å². The number of anilines is 3. The average Bonchev–Trinajstić information content (AvgIpc) is 3.18. The first kappa shape index (κ1) is 22.1. The molecule has 9 nitrogen and oxygen atoms in total. The number of nitrogens with one attached hydrogen (secondary N) is 2. The summed E-state index contributed by atoms with van der Waals surface area (Å²) in [5.41, 5.74) is 1.78. The van der Waals surface area contributed by atoms with Crippen molar-refractivity contribution in [2.45, 2.75) is 18.6 Å². The third-order valence-corrected chi connectivity index (χ3v) is 5.62. The van der Waals surface area contributed by atoms with Crippen molar-refractivity contribution in [3.05, 3.63) is 53.6 Å². The second-order valence-corrected chi connectivity index (χ2v) is 8.07. The summed E-state index contributed by atoms with van der Waals surface area (Å²) < 4.78 is 5.14. The highest BCUT2D eigenvalue weighted by molar-refractivity contribution is 6.30. The van der Waals surface area contributed by atoms with Crippen LogP contribution in [0.5, 0.6) is 0 Å². The number of aliphatic hydroxyl groups is 1. The molecule has 1 unspecified atom stereocenters. The fraction of sp³-hybridized carbons (Fsp3) is 0.318. The largest absolute Gasteiger partial charge is 0.391 e. The number of likely N-dealkylation sites (tertiary alicyclic amines) is 1. The molecule has 10 heteroatoms. The summed E-state index contributed by atoms with van der Waals surface area (Å²) in [7, 11) is 0. The number of carbonyl (C=O) groups excluding carboxylic acids is 3. The number of morpholine rings is 1. The summed E-state index contributed by atoms with van der Waals surface area (Å²) in [5.74, 6) is -0.515. The summed E-state index contributed by atoms with van der Waals surface area (Å²) in [6.07, 6.45) is -0.656. The lowest BCUT2D eigenvalue weighted by Crippen LogP contribution is -2.45. The van der Waals surface area contributed by atoms with E-state index in [1.54, 1.807) is 53.4 Å². The molecule has 2 saturated heterocycles. The van der Waals surface area contributed by atoms with Crippen LogP contribution in [-0.2, 0) is 14.3 Å². The van der Waals surface area contributed by atoms with Gasteiger partial charge in [0.25, 0.3) is 5.91 Å². The number of carbonyl (C=O) groups is 3. The molecule has 0 spiro atoms. The van der Waals surface area contributed by atoms with Gasteiger partial charge in [-0.15, -0.1) is 0 Å². The monoisotopic (exact) mass is 458 g/mol. The van der Waals surface area contributed by atoms with Gasteiger partial charge in [0.05, 0.1) is 12.7 Å². The minimum Gasteiger partial charge on any atom is -0.391 e. The van der Waals surface area contributed by atoms with Crippen molar-refractivity contribution in [2.75, 3.05) is 41.8 Å². The molecule has 0 radical (unpaired) electrons. The van der Waals surface area contributed by atoms with Crippen molar-refractivity contribution in [1.29, 1.82) is 0 Å². The number of ether oxygens (including phenoxy) is 1. The third kappa shape index (κ3) is 5.01. The number of hydrogen-bond donors (Lipinski definition) is 3. The Labute approximate surface area is 189 Å². The van der Waals surface area contributed by atoms with Gasteiger partial charge in [-0.25, -0.2) is 4.79 Å². The first-order valence-electron chi connectivity index (χ1n) is 10.2. The maximum Gasteiger partial charge on any atom is 0.322 e. The molecule has 168 valence electrons. The SMILES string of the molecule is O=C(Nc1ccc(N2CCOCC2=O)cc1)C1C[C@@H](O)CN1C(=O)Nc1ccc(Cl)cc1. The van der Waals surface area contributed by atoms with Gasteiger partial charge in [0.2, 0.25) is 5.91 Å². The third-order valence-electron chi connectivity index (χ3n) is 5.37. The number of urea groups is 1. The molecule has 2 aliphatic rings. The van der Waals surface area contributed by atoms with Crippen LogP contribution in [0.4, 0.5) is 21.9 Å². The summed E-state index contributed by atoms with van der Waals surface area (Å²) in [6.45, 7) is 1.05. The van der Waals surface area contributed by atoms with Crippen LogP contribution in [0.3, 0.4) is 0 Å². The summed E-state index contributed by atoms with van der Waals surface area (Å²) in [4.78, 5) is 40.5. The van der Waals surface area contributed by atoms with E-state index in [-0.39, 0.29) is 25.5 Å². The quantitative estimate of drug-likeness (QED) is 0.651. The first-order chi connectivity index (χ1) is 15.4. The minimum atomic E-state index is -0.821. The molecule has 3 N–H and O–H groups in total. The number of amides is 4. The molecule has 2 aromatic rings. The molecule has 2 heterocycles. The highest BCUT2D eigenvalue weighted by Gasteiger charge is 2.39. The molecule has 0 aromatic heterocycles. The van der Waals surface area contributed by atoms with Crippen LogP contribution in [0.25, 0.3) is 0 Å². The summed E-state index contributed by atoms with van der Waals surface area (Å²) in [6, 6.07) is 12.2. The maximum atomic E-state index is 12.9. The van der Waals surface area contributed by atoms with Crippen molar-refractivity contribution >= 4 is 46.5 Å². The Morgan fingerprint density at radius 1 is 1.03 bits per heavy atom. The van der Waals surface area contributed by atoms with E-state index in [4.69, 9.17) is 16.3 Å². The van der Waals surface area contributed by atoms with E-state index in [9.17, 15) is 19.5 Å². The predicted molar refractivity (Wildman–Crippen MR) is 120 cm³/mol. The van der Waals surface area contributed by atoms with Gasteiger partial charge < -0.3 is 30.3 Å². The van der Waals surface area contributed by atoms with Crippen molar-refractivity contribution in [3.63, 3.8) is 0 Å². The average molecular weight is 459 g/mol. The summed E-state index contributed by atoms with van der Waals surface area (Å²) >= 11 is 5.86. The van der Waals surface area contributed by atoms with E-state index in [0.29, 0.717) is 29.5 Å². The number of nitrogens with zero attached hydrogens (tertiary/aromatic N) is 2. The van der Waals surface area contributed by atoms with Crippen LogP contribution < -0.4 is 15.5 Å². The van der Waals surface area contributed by atoms with Crippen molar-refractivity contribution < 1.29 is 24.2 Å². The second-order valence-electron chi connectivity index (χ2n) is 7.63. The van der Waals surface area contributed by atoms with Gasteiger partial charge in [0.1, 0.15) is 12.6 Å². The van der Waals surface area contributed by atoms with E-state index < -0.39 is 24.1 Å². The number of halogens is 1. The van der Waals surface area contributed by atoms with Gasteiger partial charge in [-0.1, -0.05) is 11.6 Å². The molecule has 2 aliphatic heterocycles. The number of β-amino-alcohol motifs (C(OH)–C–C–N with tert-alkyl or cyclic N) is 1. The van der Waals surface area contributed by atoms with Crippen LogP contribution in [-0.4, -0.2) is 66.3 Å². The predicted octanol–water partition coefficient (Wildman–Crippen LogP) is 2.31. The summed E-state index contributed by atoms with van der Waals surface area (Å²) in [5, 5.41) is 16.1. The van der Waals surface area contributed by atoms with Gasteiger partial charge in [-0.2, -0.15) is 0 Å². The smallest absolute Gasteiger partial charge is 0.322 e. The molecule has 32 heavy (non-hydrogen) atoms. The van der Waals surface area contributed by atoms with Crippen LogP contribution in [0, 0.1) is 0 Å². The lowest BCUT2D eigenvalue weighted by Gasteiger charge is -2.27. The molecular formula is C22H23ClN4O5. The van der Waals surface area contributed by atoms with Gasteiger partial charge in [0.15, 0.2) is 0 Å². The maximum absolute atomic E-state index is 12.9. The zero-order valence-corrected chi connectivity index (χ0v) is 17.9. The van der Waals surface area contributed by atoms with Crippen molar-refractivity contribution in [2.24, 2.45) is 0 Å². The molecular weight excluding hydrogens is 436 g/mol. The first-order valence-corrected chi connectivity index (χ1v) is 10.6. The highest BCUT2D eigenvalue weighted by Crippen LogP contribution is 2.24. The molecule has 0 saturated carbocycles. The number of rotatable bonds is 4. The molecule has 4 rings (SSSR count). The Hall–Kier alpha value is -3.14. The van der Waals surface area contributed by atoms with Crippen molar-refractivity contribution in [1.82, 2.24) is 4.90 Å². The lowest BCUT2D eigenvalue weighted by molar-refractivity contribution is -0.125. The highest BCUT2D eigenvalue weighted by atomic mass is 35.5. The molecule has 2 aromatic carbocycles. The molecule has 2 fully saturated rings. The Balaban J connectivity index is 1.40. The lowest BCUT2D eigenvalue weighted by atomic mass is 10.1. The fourth-order valence-corrected chi connectivity index (χ4v) is 3.88. The Morgan fingerprint density at radius 2 is 1.69 bits per heavy atom. The van der Waals surface area contributed by atoms with Gasteiger partial charge in [-0.05, 0) is 48.5 Å². The Kier molecular flexibility index (Phi) is 6.59. The molecule has 0 bridgehead atoms. The van der Waals surface area contributed by atoms with Crippen LogP contribution in [0.1, 0.15) is 6.42 Å². The zero-order chi connectivity index (χ0) is 22.7. The Morgan fingerprint density at radius 3 is 2.38 bits per heavy atom. The van der Waals surface area contributed by atoms with Gasteiger partial charge in [0, 0.05) is 41.6 Å². The molecule has 0 aliphatic carbocycles. The van der Waals surface area contributed by atoms with Crippen LogP contribution in [0.2, 0.25) is 5.02 Å². The second kappa shape index (κ2) is 9.56. The molecule has 4 amide bonds.